The summed E-state index contributed by atoms with van der Waals surface area (Å²) in [6.45, 7) is 6.25. The lowest BCUT2D eigenvalue weighted by Crippen LogP contribution is -2.00. The van der Waals surface area contributed by atoms with Crippen molar-refractivity contribution in [2.24, 2.45) is 0 Å². The molecule has 1 rings (SSSR count). The first-order chi connectivity index (χ1) is 5.66. The molecule has 0 aliphatic rings. The van der Waals surface area contributed by atoms with E-state index in [2.05, 4.69) is 42.5 Å². The summed E-state index contributed by atoms with van der Waals surface area (Å²) in [4.78, 5) is 0. The van der Waals surface area contributed by atoms with Gasteiger partial charge >= 0.3 is 0 Å². The van der Waals surface area contributed by atoms with Gasteiger partial charge in [0.1, 0.15) is 0 Å². The second kappa shape index (κ2) is 3.87. The molecule has 0 saturated heterocycles. The zero-order valence-corrected chi connectivity index (χ0v) is 8.72. The Labute approximate surface area is 77.3 Å². The number of benzene rings is 1. The van der Waals surface area contributed by atoms with Gasteiger partial charge < -0.3 is 4.43 Å². The molecule has 0 bridgehead atoms. The predicted molar refractivity (Wildman–Crippen MR) is 51.2 cm³/mol. The summed E-state index contributed by atoms with van der Waals surface area (Å²) in [5.41, 5.74) is 3.86. The Morgan fingerprint density at radius 2 is 2.00 bits per heavy atom. The van der Waals surface area contributed by atoms with E-state index in [0.29, 0.717) is 0 Å². The molecule has 1 aromatic carbocycles. The molecular weight excluding hydrogens is 164 g/mol. The van der Waals surface area contributed by atoms with E-state index in [1.807, 2.05) is 6.92 Å². The molecule has 0 N–H and O–H groups in total. The number of hydrogen-bond donors (Lipinski definition) is 0. The quantitative estimate of drug-likeness (QED) is 0.631. The van der Waals surface area contributed by atoms with E-state index in [-0.39, 0.29) is 6.10 Å². The number of rotatable bonds is 2. The molecule has 0 fully saturated rings. The molecule has 0 spiro atoms. The van der Waals surface area contributed by atoms with Gasteiger partial charge in [0.2, 0.25) is 10.5 Å². The molecule has 3 radical (unpaired) electrons. The van der Waals surface area contributed by atoms with E-state index >= 15 is 0 Å². The normalized spacial score (nSPS) is 13.0. The van der Waals surface area contributed by atoms with Crippen LogP contribution in [0.4, 0.5) is 0 Å². The van der Waals surface area contributed by atoms with E-state index in [1.165, 1.54) is 16.7 Å². The molecule has 1 aromatic rings. The highest BCUT2D eigenvalue weighted by Gasteiger charge is 2.06. The van der Waals surface area contributed by atoms with Crippen LogP contribution >= 0.6 is 0 Å². The maximum absolute atomic E-state index is 5.08. The zero-order chi connectivity index (χ0) is 9.14. The van der Waals surface area contributed by atoms with E-state index in [9.17, 15) is 0 Å². The van der Waals surface area contributed by atoms with Crippen molar-refractivity contribution in [3.8, 4) is 0 Å². The van der Waals surface area contributed by atoms with Crippen molar-refractivity contribution in [2.45, 2.75) is 26.9 Å². The Kier molecular flexibility index (Phi) is 3.06. The van der Waals surface area contributed by atoms with E-state index < -0.39 is 0 Å². The Morgan fingerprint density at radius 3 is 2.58 bits per heavy atom. The molecular formula is C10H13OSi. The molecule has 12 heavy (non-hydrogen) atoms. The van der Waals surface area contributed by atoms with Crippen LogP contribution in [0.5, 0.6) is 0 Å². The zero-order valence-electron chi connectivity index (χ0n) is 7.72. The van der Waals surface area contributed by atoms with Gasteiger partial charge in [-0.15, -0.1) is 0 Å². The van der Waals surface area contributed by atoms with Gasteiger partial charge in [0.05, 0.1) is 6.10 Å². The molecule has 0 saturated carbocycles. The monoisotopic (exact) mass is 177 g/mol. The lowest BCUT2D eigenvalue weighted by atomic mass is 10.0. The van der Waals surface area contributed by atoms with Crippen molar-refractivity contribution in [2.75, 3.05) is 0 Å². The van der Waals surface area contributed by atoms with E-state index in [0.717, 1.165) is 0 Å². The van der Waals surface area contributed by atoms with Crippen LogP contribution in [-0.4, -0.2) is 10.5 Å². The molecule has 0 aliphatic heterocycles. The van der Waals surface area contributed by atoms with Crippen molar-refractivity contribution in [3.63, 3.8) is 0 Å². The van der Waals surface area contributed by atoms with Crippen LogP contribution in [0.1, 0.15) is 29.7 Å². The Morgan fingerprint density at radius 1 is 1.33 bits per heavy atom. The number of aryl methyl sites for hydroxylation is 1. The van der Waals surface area contributed by atoms with Gasteiger partial charge in [0.25, 0.3) is 0 Å². The summed E-state index contributed by atoms with van der Waals surface area (Å²) in [6, 6.07) is 6.26. The van der Waals surface area contributed by atoms with E-state index in [4.69, 9.17) is 4.43 Å². The molecule has 1 unspecified atom stereocenters. The summed E-state index contributed by atoms with van der Waals surface area (Å²) in [6.07, 6.45) is 0.113. The summed E-state index contributed by atoms with van der Waals surface area (Å²) < 4.78 is 5.08. The first-order valence-corrected chi connectivity index (χ1v) is 4.46. The van der Waals surface area contributed by atoms with Gasteiger partial charge in [0.15, 0.2) is 0 Å². The van der Waals surface area contributed by atoms with Crippen LogP contribution in [-0.2, 0) is 4.43 Å². The molecule has 0 amide bonds. The predicted octanol–water partition coefficient (Wildman–Crippen LogP) is 2.46. The van der Waals surface area contributed by atoms with Crippen molar-refractivity contribution >= 4 is 10.5 Å². The SMILES string of the molecule is Cc1cccc(C(C)O[Si])c1C. The third-order valence-electron chi connectivity index (χ3n) is 2.26. The maximum Gasteiger partial charge on any atom is 0.247 e. The summed E-state index contributed by atoms with van der Waals surface area (Å²) in [5, 5.41) is 0. The largest absolute Gasteiger partial charge is 0.412 e. The first-order valence-electron chi connectivity index (χ1n) is 4.05. The molecule has 0 heterocycles. The van der Waals surface area contributed by atoms with Crippen LogP contribution in [0.2, 0.25) is 0 Å². The molecule has 1 atom stereocenters. The van der Waals surface area contributed by atoms with Gasteiger partial charge in [0, 0.05) is 0 Å². The molecule has 1 nitrogen and oxygen atoms in total. The molecule has 2 heteroatoms. The third-order valence-corrected chi connectivity index (χ3v) is 2.61. The molecule has 0 aromatic heterocycles. The highest BCUT2D eigenvalue weighted by molar-refractivity contribution is 5.98. The minimum Gasteiger partial charge on any atom is -0.412 e. The summed E-state index contributed by atoms with van der Waals surface area (Å²) in [5.74, 6) is 0. The second-order valence-electron chi connectivity index (χ2n) is 3.05. The van der Waals surface area contributed by atoms with Crippen LogP contribution in [0, 0.1) is 13.8 Å². The highest BCUT2D eigenvalue weighted by atomic mass is 28.2. The van der Waals surface area contributed by atoms with Crippen LogP contribution in [0.3, 0.4) is 0 Å². The van der Waals surface area contributed by atoms with Gasteiger partial charge in [-0.05, 0) is 37.5 Å². The van der Waals surface area contributed by atoms with Gasteiger partial charge in [-0.3, -0.25) is 0 Å². The van der Waals surface area contributed by atoms with Crippen molar-refractivity contribution in [1.82, 2.24) is 0 Å². The standard InChI is InChI=1S/C10H13OSi/c1-7-5-4-6-10(8(7)2)9(3)11-12/h4-6,9H,1-3H3. The van der Waals surface area contributed by atoms with Crippen molar-refractivity contribution in [3.05, 3.63) is 34.9 Å². The summed E-state index contributed by atoms with van der Waals surface area (Å²) >= 11 is 0. The lowest BCUT2D eigenvalue weighted by Gasteiger charge is -2.14. The van der Waals surface area contributed by atoms with Gasteiger partial charge in [-0.1, -0.05) is 18.2 Å². The topological polar surface area (TPSA) is 9.23 Å². The second-order valence-corrected chi connectivity index (χ2v) is 3.28. The van der Waals surface area contributed by atoms with Gasteiger partial charge in [-0.2, -0.15) is 0 Å². The van der Waals surface area contributed by atoms with Crippen LogP contribution in [0.15, 0.2) is 18.2 Å². The number of hydrogen-bond acceptors (Lipinski definition) is 1. The summed E-state index contributed by atoms with van der Waals surface area (Å²) in [7, 11) is 3.06. The Bertz CT molecular complexity index is 271. The first kappa shape index (κ1) is 9.48. The van der Waals surface area contributed by atoms with Gasteiger partial charge in [-0.25, -0.2) is 0 Å². The average Bonchev–Trinajstić information content (AvgIpc) is 2.08. The van der Waals surface area contributed by atoms with Crippen molar-refractivity contribution in [1.29, 1.82) is 0 Å². The smallest absolute Gasteiger partial charge is 0.247 e. The fourth-order valence-corrected chi connectivity index (χ4v) is 1.40. The maximum atomic E-state index is 5.08. The lowest BCUT2D eigenvalue weighted by molar-refractivity contribution is 0.250. The Hall–Kier alpha value is -0.603. The fourth-order valence-electron chi connectivity index (χ4n) is 1.28. The molecule has 0 aliphatic carbocycles. The Balaban J connectivity index is 3.07. The van der Waals surface area contributed by atoms with Crippen LogP contribution in [0.25, 0.3) is 0 Å². The van der Waals surface area contributed by atoms with E-state index in [1.54, 1.807) is 0 Å². The minimum absolute atomic E-state index is 0.113. The minimum atomic E-state index is 0.113. The van der Waals surface area contributed by atoms with Crippen molar-refractivity contribution < 1.29 is 4.43 Å². The fraction of sp³-hybridized carbons (Fsp3) is 0.400. The third kappa shape index (κ3) is 1.76. The van der Waals surface area contributed by atoms with Crippen LogP contribution < -0.4 is 0 Å². The highest BCUT2D eigenvalue weighted by Crippen LogP contribution is 2.21. The average molecular weight is 177 g/mol. The molecule has 63 valence electrons.